The van der Waals surface area contributed by atoms with Gasteiger partial charge in [-0.15, -0.1) is 0 Å². The fourth-order valence-corrected chi connectivity index (χ4v) is 9.81. The summed E-state index contributed by atoms with van der Waals surface area (Å²) in [5.74, 6) is 6.05. The molecule has 11 atom stereocenters. The van der Waals surface area contributed by atoms with E-state index in [4.69, 9.17) is 0 Å². The predicted molar refractivity (Wildman–Crippen MR) is 119 cm³/mol. The minimum Gasteiger partial charge on any atom is -0.393 e. The van der Waals surface area contributed by atoms with Crippen LogP contribution in [-0.4, -0.2) is 11.2 Å². The van der Waals surface area contributed by atoms with Crippen molar-refractivity contribution >= 4 is 0 Å². The van der Waals surface area contributed by atoms with Crippen molar-refractivity contribution in [3.8, 4) is 0 Å². The number of aliphatic hydroxyl groups excluding tert-OH is 1. The Hall–Kier alpha value is -0.0400. The zero-order chi connectivity index (χ0) is 20.3. The van der Waals surface area contributed by atoms with Crippen molar-refractivity contribution < 1.29 is 5.11 Å². The van der Waals surface area contributed by atoms with Gasteiger partial charge in [0.05, 0.1) is 6.10 Å². The van der Waals surface area contributed by atoms with Gasteiger partial charge in [-0.2, -0.15) is 0 Å². The van der Waals surface area contributed by atoms with Gasteiger partial charge in [-0.25, -0.2) is 0 Å². The number of fused-ring (bicyclic) bond motifs is 5. The maximum Gasteiger partial charge on any atom is 0.0605 e. The lowest BCUT2D eigenvalue weighted by Gasteiger charge is -2.65. The molecule has 28 heavy (non-hydrogen) atoms. The van der Waals surface area contributed by atoms with Crippen molar-refractivity contribution in [3.05, 3.63) is 0 Å². The fourth-order valence-electron chi connectivity index (χ4n) is 9.81. The molecule has 0 aromatic heterocycles. The summed E-state index contributed by atoms with van der Waals surface area (Å²) in [5.41, 5.74) is 0.978. The lowest BCUT2D eigenvalue weighted by atomic mass is 9.41. The van der Waals surface area contributed by atoms with E-state index in [-0.39, 0.29) is 6.10 Å². The van der Waals surface area contributed by atoms with Gasteiger partial charge in [0.2, 0.25) is 0 Å². The molecule has 0 spiro atoms. The van der Waals surface area contributed by atoms with Crippen LogP contribution >= 0.6 is 0 Å². The van der Waals surface area contributed by atoms with Crippen LogP contribution < -0.4 is 0 Å². The number of aliphatic hydroxyl groups is 1. The van der Waals surface area contributed by atoms with Gasteiger partial charge >= 0.3 is 0 Å². The van der Waals surface area contributed by atoms with Gasteiger partial charge in [0.25, 0.3) is 0 Å². The zero-order valence-corrected chi connectivity index (χ0v) is 19.7. The molecule has 0 aliphatic heterocycles. The minimum absolute atomic E-state index is 0.0387. The fraction of sp³-hybridized carbons (Fsp3) is 1.00. The van der Waals surface area contributed by atoms with Crippen molar-refractivity contribution in [1.82, 2.24) is 0 Å². The quantitative estimate of drug-likeness (QED) is 0.534. The van der Waals surface area contributed by atoms with E-state index in [9.17, 15) is 5.11 Å². The topological polar surface area (TPSA) is 20.2 Å². The highest BCUT2D eigenvalue weighted by atomic mass is 16.3. The van der Waals surface area contributed by atoms with Gasteiger partial charge < -0.3 is 5.11 Å². The van der Waals surface area contributed by atoms with Gasteiger partial charge in [-0.3, -0.25) is 0 Å². The Kier molecular flexibility index (Phi) is 5.74. The summed E-state index contributed by atoms with van der Waals surface area (Å²) in [6.45, 7) is 15.0. The molecule has 0 radical (unpaired) electrons. The Morgan fingerprint density at radius 1 is 0.929 bits per heavy atom. The van der Waals surface area contributed by atoms with E-state index >= 15 is 0 Å². The van der Waals surface area contributed by atoms with Gasteiger partial charge in [-0.05, 0) is 96.7 Å². The summed E-state index contributed by atoms with van der Waals surface area (Å²) in [5, 5.41) is 11.8. The second-order valence-corrected chi connectivity index (χ2v) is 12.3. The van der Waals surface area contributed by atoms with E-state index in [1.165, 1.54) is 64.2 Å². The average Bonchev–Trinajstić information content (AvgIpc) is 3.01. The van der Waals surface area contributed by atoms with Crippen LogP contribution in [0.25, 0.3) is 0 Å². The summed E-state index contributed by atoms with van der Waals surface area (Å²) in [7, 11) is 0. The molecule has 0 unspecified atom stereocenters. The minimum atomic E-state index is -0.0387. The molecule has 0 saturated heterocycles. The number of rotatable bonds is 4. The lowest BCUT2D eigenvalue weighted by molar-refractivity contribution is -0.198. The van der Waals surface area contributed by atoms with Gasteiger partial charge in [-0.1, -0.05) is 67.2 Å². The average molecular weight is 389 g/mol. The molecule has 1 nitrogen and oxygen atoms in total. The third kappa shape index (κ3) is 2.96. The molecule has 0 heterocycles. The van der Waals surface area contributed by atoms with Crippen molar-refractivity contribution in [1.29, 1.82) is 0 Å². The largest absolute Gasteiger partial charge is 0.393 e. The van der Waals surface area contributed by atoms with Crippen molar-refractivity contribution in [2.24, 2.45) is 58.2 Å². The summed E-state index contributed by atoms with van der Waals surface area (Å²) in [6.07, 6.45) is 13.7. The Bertz CT molecular complexity index is 556. The van der Waals surface area contributed by atoms with E-state index in [1.807, 2.05) is 0 Å². The maximum absolute atomic E-state index is 11.8. The highest BCUT2D eigenvalue weighted by Gasteiger charge is 2.64. The van der Waals surface area contributed by atoms with Crippen molar-refractivity contribution in [3.63, 3.8) is 0 Å². The zero-order valence-electron chi connectivity index (χ0n) is 19.7. The van der Waals surface area contributed by atoms with Crippen molar-refractivity contribution in [2.75, 3.05) is 0 Å². The Balaban J connectivity index is 1.67. The molecule has 4 saturated carbocycles. The smallest absolute Gasteiger partial charge is 0.0605 e. The molecule has 4 fully saturated rings. The highest BCUT2D eigenvalue weighted by molar-refractivity contribution is 5.13. The second kappa shape index (κ2) is 7.58. The van der Waals surface area contributed by atoms with E-state index < -0.39 is 0 Å². The van der Waals surface area contributed by atoms with E-state index in [1.54, 1.807) is 0 Å². The van der Waals surface area contributed by atoms with Crippen molar-refractivity contribution in [2.45, 2.75) is 112 Å². The first-order valence-corrected chi connectivity index (χ1v) is 13.0. The second-order valence-electron chi connectivity index (χ2n) is 12.3. The summed E-state index contributed by atoms with van der Waals surface area (Å²) < 4.78 is 0. The Morgan fingerprint density at radius 3 is 2.29 bits per heavy atom. The third-order valence-electron chi connectivity index (χ3n) is 11.2. The van der Waals surface area contributed by atoms with Gasteiger partial charge in [0.1, 0.15) is 0 Å². The summed E-state index contributed by atoms with van der Waals surface area (Å²) in [6, 6.07) is 0. The monoisotopic (exact) mass is 388 g/mol. The lowest BCUT2D eigenvalue weighted by Crippen LogP contribution is -2.61. The van der Waals surface area contributed by atoms with Crippen LogP contribution in [-0.2, 0) is 0 Å². The SMILES string of the molecule is CCC[C@@H](C)[C@H]1CC[C@H]2[C@@H]3[C@H](O)[C@H](CC)[C@@H]4C[C@H](C)CC[C@]4(C)[C@H]3CC[C@]12C. The maximum atomic E-state index is 11.8. The normalized spacial score (nSPS) is 54.5. The molecular weight excluding hydrogens is 340 g/mol. The summed E-state index contributed by atoms with van der Waals surface area (Å²) >= 11 is 0. The molecule has 0 bridgehead atoms. The first kappa shape index (κ1) is 21.2. The molecule has 4 aliphatic rings. The molecule has 0 aromatic rings. The van der Waals surface area contributed by atoms with Crippen LogP contribution in [0, 0.1) is 58.2 Å². The molecule has 4 rings (SSSR count). The first-order chi connectivity index (χ1) is 13.3. The molecule has 1 heteroatoms. The standard InChI is InChI=1S/C27H48O/c1-7-9-18(4)20-10-11-21-24-22(13-15-26(20,21)5)27(6)14-12-17(3)16-23(27)19(8-2)25(24)28/h17-25,28H,7-16H2,1-6H3/t17-,18-,19-,20-,21+,22+,23+,24+,25-,26-,27-/m1/s1. The molecule has 162 valence electrons. The van der Waals surface area contributed by atoms with Gasteiger partial charge in [0, 0.05) is 0 Å². The van der Waals surface area contributed by atoms with Crippen LogP contribution in [0.15, 0.2) is 0 Å². The Morgan fingerprint density at radius 2 is 1.61 bits per heavy atom. The van der Waals surface area contributed by atoms with Crippen LogP contribution in [0.2, 0.25) is 0 Å². The molecule has 4 aliphatic carbocycles. The highest BCUT2D eigenvalue weighted by Crippen LogP contribution is 2.69. The molecule has 0 amide bonds. The Labute approximate surface area is 175 Å². The molecular formula is C27H48O. The summed E-state index contributed by atoms with van der Waals surface area (Å²) in [4.78, 5) is 0. The molecule has 0 aromatic carbocycles. The third-order valence-corrected chi connectivity index (χ3v) is 11.2. The van der Waals surface area contributed by atoms with E-state index in [2.05, 4.69) is 41.5 Å². The predicted octanol–water partition coefficient (Wildman–Crippen LogP) is 7.32. The molecule has 1 N–H and O–H groups in total. The van der Waals surface area contributed by atoms with Crippen LogP contribution in [0.3, 0.4) is 0 Å². The van der Waals surface area contributed by atoms with Crippen LogP contribution in [0.1, 0.15) is 106 Å². The number of hydrogen-bond donors (Lipinski definition) is 1. The van der Waals surface area contributed by atoms with Gasteiger partial charge in [0.15, 0.2) is 0 Å². The van der Waals surface area contributed by atoms with Crippen LogP contribution in [0.5, 0.6) is 0 Å². The van der Waals surface area contributed by atoms with Crippen LogP contribution in [0.4, 0.5) is 0 Å². The number of hydrogen-bond acceptors (Lipinski definition) is 1. The van der Waals surface area contributed by atoms with E-state index in [0.717, 1.165) is 35.5 Å². The van der Waals surface area contributed by atoms with E-state index in [0.29, 0.717) is 22.7 Å². The first-order valence-electron chi connectivity index (χ1n) is 13.0.